The minimum absolute atomic E-state index is 0.164. The number of aliphatic carboxylic acids is 2. The maximum absolute atomic E-state index is 11.1. The Morgan fingerprint density at radius 3 is 2.20 bits per heavy atom. The van der Waals surface area contributed by atoms with E-state index in [9.17, 15) is 14.4 Å². The van der Waals surface area contributed by atoms with E-state index in [1.54, 1.807) is 0 Å². The van der Waals surface area contributed by atoms with Gasteiger partial charge >= 0.3 is 11.9 Å². The first kappa shape index (κ1) is 13.4. The first-order valence-electron chi connectivity index (χ1n) is 4.35. The first-order chi connectivity index (χ1) is 6.84. The molecule has 5 N–H and O–H groups in total. The second kappa shape index (κ2) is 5.97. The maximum Gasteiger partial charge on any atom is 0.326 e. The quantitative estimate of drug-likeness (QED) is 0.441. The van der Waals surface area contributed by atoms with Gasteiger partial charge in [0.25, 0.3) is 0 Å². The summed E-state index contributed by atoms with van der Waals surface area (Å²) in [7, 11) is 0. The Kier molecular flexibility index (Phi) is 5.32. The highest BCUT2D eigenvalue weighted by atomic mass is 16.4. The number of nitrogens with two attached hydrogens (primary N) is 1. The Balaban J connectivity index is 4.22. The van der Waals surface area contributed by atoms with Gasteiger partial charge in [-0.1, -0.05) is 0 Å². The van der Waals surface area contributed by atoms with Crippen molar-refractivity contribution < 1.29 is 24.6 Å². The highest BCUT2D eigenvalue weighted by Crippen LogP contribution is 1.98. The first-order valence-corrected chi connectivity index (χ1v) is 4.35. The van der Waals surface area contributed by atoms with E-state index in [-0.39, 0.29) is 12.8 Å². The van der Waals surface area contributed by atoms with Crippen LogP contribution in [-0.4, -0.2) is 40.1 Å². The molecule has 0 aliphatic carbocycles. The van der Waals surface area contributed by atoms with E-state index in [1.165, 1.54) is 6.92 Å². The van der Waals surface area contributed by atoms with E-state index in [4.69, 9.17) is 15.9 Å². The van der Waals surface area contributed by atoms with E-state index in [2.05, 4.69) is 5.32 Å². The van der Waals surface area contributed by atoms with E-state index in [0.29, 0.717) is 0 Å². The predicted octanol–water partition coefficient (Wildman–Crippen LogP) is -1.23. The van der Waals surface area contributed by atoms with Crippen LogP contribution in [0, 0.1) is 0 Å². The van der Waals surface area contributed by atoms with Crippen LogP contribution in [0.15, 0.2) is 0 Å². The van der Waals surface area contributed by atoms with Crippen LogP contribution in [0.25, 0.3) is 0 Å². The van der Waals surface area contributed by atoms with Crippen LogP contribution >= 0.6 is 0 Å². The van der Waals surface area contributed by atoms with Crippen molar-refractivity contribution in [3.63, 3.8) is 0 Å². The zero-order valence-electron chi connectivity index (χ0n) is 8.27. The zero-order valence-corrected chi connectivity index (χ0v) is 8.27. The summed E-state index contributed by atoms with van der Waals surface area (Å²) < 4.78 is 0. The van der Waals surface area contributed by atoms with Gasteiger partial charge in [0.2, 0.25) is 5.91 Å². The van der Waals surface area contributed by atoms with Gasteiger partial charge in [-0.05, 0) is 13.3 Å². The monoisotopic (exact) mass is 218 g/mol. The summed E-state index contributed by atoms with van der Waals surface area (Å²) in [5.41, 5.74) is 5.22. The topological polar surface area (TPSA) is 130 Å². The van der Waals surface area contributed by atoms with Gasteiger partial charge in [0.1, 0.15) is 6.04 Å². The molecule has 7 heteroatoms. The standard InChI is InChI=1S/C8H14N2O5/c1-4(9)7(13)10-5(8(14)15)2-3-6(11)12/h4-5H,2-3,9H2,1H3,(H,10,13)(H,11,12)(H,14,15)/t4-,5-/m1/s1. The molecule has 0 fully saturated rings. The molecular formula is C8H14N2O5. The lowest BCUT2D eigenvalue weighted by Crippen LogP contribution is -2.47. The largest absolute Gasteiger partial charge is 0.481 e. The predicted molar refractivity (Wildman–Crippen MR) is 50.1 cm³/mol. The van der Waals surface area contributed by atoms with Crippen LogP contribution in [0.5, 0.6) is 0 Å². The van der Waals surface area contributed by atoms with Crippen LogP contribution in [0.3, 0.4) is 0 Å². The molecule has 0 rings (SSSR count). The Morgan fingerprint density at radius 1 is 1.33 bits per heavy atom. The molecule has 1 amide bonds. The molecule has 15 heavy (non-hydrogen) atoms. The Morgan fingerprint density at radius 2 is 1.87 bits per heavy atom. The Hall–Kier alpha value is -1.63. The van der Waals surface area contributed by atoms with Crippen molar-refractivity contribution in [1.82, 2.24) is 5.32 Å². The van der Waals surface area contributed by atoms with Crippen molar-refractivity contribution in [1.29, 1.82) is 0 Å². The molecule has 0 aliphatic rings. The molecule has 0 saturated heterocycles. The fourth-order valence-corrected chi connectivity index (χ4v) is 0.828. The summed E-state index contributed by atoms with van der Waals surface area (Å²) >= 11 is 0. The molecule has 7 nitrogen and oxygen atoms in total. The van der Waals surface area contributed by atoms with Crippen LogP contribution in [0.4, 0.5) is 0 Å². The summed E-state index contributed by atoms with van der Waals surface area (Å²) in [4.78, 5) is 31.9. The van der Waals surface area contributed by atoms with Crippen LogP contribution in [0.1, 0.15) is 19.8 Å². The van der Waals surface area contributed by atoms with Gasteiger partial charge < -0.3 is 21.3 Å². The van der Waals surface area contributed by atoms with Gasteiger partial charge in [0, 0.05) is 6.42 Å². The number of rotatable bonds is 6. The second-order valence-corrected chi connectivity index (χ2v) is 3.12. The third-order valence-corrected chi connectivity index (χ3v) is 1.68. The fraction of sp³-hybridized carbons (Fsp3) is 0.625. The molecule has 86 valence electrons. The van der Waals surface area contributed by atoms with Gasteiger partial charge in [-0.25, -0.2) is 4.79 Å². The lowest BCUT2D eigenvalue weighted by atomic mass is 10.1. The minimum Gasteiger partial charge on any atom is -0.481 e. The lowest BCUT2D eigenvalue weighted by Gasteiger charge is -2.14. The average molecular weight is 218 g/mol. The summed E-state index contributed by atoms with van der Waals surface area (Å²) in [6.45, 7) is 1.41. The molecular weight excluding hydrogens is 204 g/mol. The molecule has 2 atom stereocenters. The molecule has 0 aromatic rings. The summed E-state index contributed by atoms with van der Waals surface area (Å²) in [6, 6.07) is -2.03. The van der Waals surface area contributed by atoms with Gasteiger partial charge in [-0.3, -0.25) is 9.59 Å². The number of carboxylic acid groups (broad SMARTS) is 2. The number of hydrogen-bond acceptors (Lipinski definition) is 4. The van der Waals surface area contributed by atoms with Crippen molar-refractivity contribution in [2.24, 2.45) is 5.73 Å². The van der Waals surface area contributed by atoms with E-state index in [1.807, 2.05) is 0 Å². The molecule has 0 aliphatic heterocycles. The Labute approximate surface area is 86.3 Å². The third kappa shape index (κ3) is 5.63. The summed E-state index contributed by atoms with van der Waals surface area (Å²) in [6.07, 6.45) is -0.487. The molecule has 0 saturated carbocycles. The van der Waals surface area contributed by atoms with Crippen molar-refractivity contribution in [2.45, 2.75) is 31.8 Å². The molecule has 0 aromatic carbocycles. The van der Waals surface area contributed by atoms with E-state index in [0.717, 1.165) is 0 Å². The van der Waals surface area contributed by atoms with E-state index >= 15 is 0 Å². The number of carbonyl (C=O) groups is 3. The minimum atomic E-state index is -1.27. The molecule has 0 radical (unpaired) electrons. The van der Waals surface area contributed by atoms with Gasteiger partial charge in [-0.2, -0.15) is 0 Å². The maximum atomic E-state index is 11.1. The second-order valence-electron chi connectivity index (χ2n) is 3.12. The van der Waals surface area contributed by atoms with E-state index < -0.39 is 29.9 Å². The summed E-state index contributed by atoms with van der Waals surface area (Å²) in [5, 5.41) is 19.2. The average Bonchev–Trinajstić information content (AvgIpc) is 2.10. The zero-order chi connectivity index (χ0) is 12.0. The Bertz CT molecular complexity index is 264. The lowest BCUT2D eigenvalue weighted by molar-refractivity contribution is -0.143. The number of carboxylic acids is 2. The van der Waals surface area contributed by atoms with Crippen LogP contribution < -0.4 is 11.1 Å². The van der Waals surface area contributed by atoms with Crippen LogP contribution in [0.2, 0.25) is 0 Å². The van der Waals surface area contributed by atoms with Gasteiger partial charge in [-0.15, -0.1) is 0 Å². The number of amides is 1. The smallest absolute Gasteiger partial charge is 0.326 e. The number of carbonyl (C=O) groups excluding carboxylic acids is 1. The third-order valence-electron chi connectivity index (χ3n) is 1.68. The summed E-state index contributed by atoms with van der Waals surface area (Å²) in [5.74, 6) is -3.01. The highest BCUT2D eigenvalue weighted by molar-refractivity contribution is 5.86. The van der Waals surface area contributed by atoms with Crippen molar-refractivity contribution in [3.05, 3.63) is 0 Å². The van der Waals surface area contributed by atoms with Crippen molar-refractivity contribution in [2.75, 3.05) is 0 Å². The number of hydrogen-bond donors (Lipinski definition) is 4. The molecule has 0 heterocycles. The fourth-order valence-electron chi connectivity index (χ4n) is 0.828. The van der Waals surface area contributed by atoms with Crippen LogP contribution in [-0.2, 0) is 14.4 Å². The number of nitrogens with one attached hydrogen (secondary N) is 1. The van der Waals surface area contributed by atoms with Crippen molar-refractivity contribution >= 4 is 17.8 Å². The normalized spacial score (nSPS) is 14.0. The molecule has 0 spiro atoms. The molecule has 0 unspecified atom stereocenters. The molecule has 0 aromatic heterocycles. The van der Waals surface area contributed by atoms with Crippen molar-refractivity contribution in [3.8, 4) is 0 Å². The SMILES string of the molecule is C[C@@H](N)C(=O)N[C@H](CCC(=O)O)C(=O)O. The molecule has 0 bridgehead atoms. The van der Waals surface area contributed by atoms with Gasteiger partial charge in [0.15, 0.2) is 0 Å². The highest BCUT2D eigenvalue weighted by Gasteiger charge is 2.21. The van der Waals surface area contributed by atoms with Gasteiger partial charge in [0.05, 0.1) is 6.04 Å².